The summed E-state index contributed by atoms with van der Waals surface area (Å²) in [6, 6.07) is 40.9. The van der Waals surface area contributed by atoms with Crippen molar-refractivity contribution in [3.8, 4) is 12.1 Å². The minimum absolute atomic E-state index is 0.0175. The van der Waals surface area contributed by atoms with E-state index in [1.807, 2.05) is 97.2 Å². The van der Waals surface area contributed by atoms with Crippen LogP contribution in [0.5, 0.6) is 0 Å². The Bertz CT molecular complexity index is 1640. The van der Waals surface area contributed by atoms with Crippen molar-refractivity contribution in [3.05, 3.63) is 155 Å². The average Bonchev–Trinajstić information content (AvgIpc) is 3.36. The van der Waals surface area contributed by atoms with Gasteiger partial charge < -0.3 is 4.90 Å². The molecule has 186 valence electrons. The SMILES string of the molecule is N#CC(C#N)=C(c1ccccc1)[C@H]1[C@@H](c2ccccc2)[C@H](C(=O)c2ccccc2)N2C=Cc3ccccc3[C@H]12. The Balaban J connectivity index is 1.67. The van der Waals surface area contributed by atoms with Crippen LogP contribution in [0.1, 0.15) is 44.6 Å². The Morgan fingerprint density at radius 3 is 1.90 bits per heavy atom. The fourth-order valence-electron chi connectivity index (χ4n) is 6.32. The third kappa shape index (κ3) is 4.13. The lowest BCUT2D eigenvalue weighted by molar-refractivity contribution is 0.0874. The molecule has 0 radical (unpaired) electrons. The fraction of sp³-hybridized carbons (Fsp3) is 0.114. The van der Waals surface area contributed by atoms with E-state index in [4.69, 9.17) is 0 Å². The van der Waals surface area contributed by atoms with Gasteiger partial charge in [0.15, 0.2) is 5.78 Å². The van der Waals surface area contributed by atoms with E-state index in [0.717, 1.165) is 22.3 Å². The maximum Gasteiger partial charge on any atom is 0.185 e. The van der Waals surface area contributed by atoms with Crippen molar-refractivity contribution in [1.82, 2.24) is 4.90 Å². The summed E-state index contributed by atoms with van der Waals surface area (Å²) in [4.78, 5) is 16.6. The highest BCUT2D eigenvalue weighted by molar-refractivity contribution is 6.02. The first kappa shape index (κ1) is 24.2. The highest BCUT2D eigenvalue weighted by Gasteiger charge is 2.54. The molecule has 4 nitrogen and oxygen atoms in total. The van der Waals surface area contributed by atoms with Crippen LogP contribution >= 0.6 is 0 Å². The first-order valence-corrected chi connectivity index (χ1v) is 13.0. The van der Waals surface area contributed by atoms with Crippen LogP contribution < -0.4 is 0 Å². The number of Topliss-reactive ketones (excluding diaryl/α,β-unsaturated/α-hetero) is 1. The summed E-state index contributed by atoms with van der Waals surface area (Å²) in [5.41, 5.74) is 5.37. The number of benzene rings is 4. The normalized spacial score (nSPS) is 20.7. The molecule has 0 aromatic heterocycles. The molecule has 0 saturated carbocycles. The zero-order valence-corrected chi connectivity index (χ0v) is 21.2. The van der Waals surface area contributed by atoms with Gasteiger partial charge in [-0.25, -0.2) is 0 Å². The first-order chi connectivity index (χ1) is 19.2. The van der Waals surface area contributed by atoms with Crippen molar-refractivity contribution >= 4 is 17.4 Å². The Hall–Kier alpha value is -5.19. The van der Waals surface area contributed by atoms with E-state index in [-0.39, 0.29) is 29.2 Å². The van der Waals surface area contributed by atoms with Gasteiger partial charge in [0.2, 0.25) is 0 Å². The number of allylic oxidation sites excluding steroid dienone is 1. The van der Waals surface area contributed by atoms with Crippen LogP contribution in [0.3, 0.4) is 0 Å². The standard InChI is InChI=1S/C35H25N3O/c36-22-28(23-37)30(25-13-4-1-5-14-25)32-31(26-15-6-2-7-16-26)34(35(39)27-17-8-3-9-18-27)38-21-20-24-12-10-11-19-29(24)33(32)38/h1-21,31-34H/t31-,32+,33-,34-/m1/s1. The van der Waals surface area contributed by atoms with Crippen LogP contribution in [0.25, 0.3) is 11.6 Å². The fourth-order valence-corrected chi connectivity index (χ4v) is 6.32. The Kier molecular flexibility index (Phi) is 6.37. The molecule has 4 heteroatoms. The Labute approximate surface area is 228 Å². The van der Waals surface area contributed by atoms with E-state index in [2.05, 4.69) is 47.4 Å². The van der Waals surface area contributed by atoms with Crippen molar-refractivity contribution in [1.29, 1.82) is 10.5 Å². The van der Waals surface area contributed by atoms with Crippen LogP contribution in [-0.4, -0.2) is 16.7 Å². The molecule has 4 aromatic carbocycles. The van der Waals surface area contributed by atoms with E-state index in [9.17, 15) is 15.3 Å². The number of ketones is 1. The molecule has 6 rings (SSSR count). The third-order valence-corrected chi connectivity index (χ3v) is 7.87. The molecule has 2 aliphatic heterocycles. The van der Waals surface area contributed by atoms with Crippen LogP contribution in [0.2, 0.25) is 0 Å². The molecule has 4 atom stereocenters. The molecule has 0 N–H and O–H groups in total. The van der Waals surface area contributed by atoms with Gasteiger partial charge >= 0.3 is 0 Å². The van der Waals surface area contributed by atoms with Gasteiger partial charge in [-0.15, -0.1) is 0 Å². The second-order valence-corrected chi connectivity index (χ2v) is 9.85. The minimum Gasteiger partial charge on any atom is -0.359 e. The van der Waals surface area contributed by atoms with Gasteiger partial charge in [0, 0.05) is 23.6 Å². The lowest BCUT2D eigenvalue weighted by Gasteiger charge is -2.35. The summed E-state index contributed by atoms with van der Waals surface area (Å²) in [6.45, 7) is 0. The predicted molar refractivity (Wildman–Crippen MR) is 152 cm³/mol. The molecule has 1 fully saturated rings. The van der Waals surface area contributed by atoms with E-state index < -0.39 is 6.04 Å². The van der Waals surface area contributed by atoms with E-state index >= 15 is 0 Å². The molecular weight excluding hydrogens is 478 g/mol. The number of hydrogen-bond acceptors (Lipinski definition) is 4. The first-order valence-electron chi connectivity index (χ1n) is 13.0. The second-order valence-electron chi connectivity index (χ2n) is 9.85. The predicted octanol–water partition coefficient (Wildman–Crippen LogP) is 7.18. The van der Waals surface area contributed by atoms with Crippen LogP contribution in [-0.2, 0) is 0 Å². The van der Waals surface area contributed by atoms with Gasteiger partial charge in [-0.3, -0.25) is 4.79 Å². The topological polar surface area (TPSA) is 67.9 Å². The van der Waals surface area contributed by atoms with E-state index in [1.54, 1.807) is 0 Å². The van der Waals surface area contributed by atoms with Crippen molar-refractivity contribution in [2.24, 2.45) is 5.92 Å². The zero-order chi connectivity index (χ0) is 26.8. The smallest absolute Gasteiger partial charge is 0.185 e. The quantitative estimate of drug-likeness (QED) is 0.214. The Morgan fingerprint density at radius 2 is 1.26 bits per heavy atom. The summed E-state index contributed by atoms with van der Waals surface area (Å²) in [7, 11) is 0. The summed E-state index contributed by atoms with van der Waals surface area (Å²) in [5.74, 6) is -0.636. The maximum atomic E-state index is 14.4. The molecule has 39 heavy (non-hydrogen) atoms. The average molecular weight is 504 g/mol. The van der Waals surface area contributed by atoms with Gasteiger partial charge in [0.05, 0.1) is 12.1 Å². The van der Waals surface area contributed by atoms with Gasteiger partial charge in [0.1, 0.15) is 17.7 Å². The molecule has 0 amide bonds. The maximum absolute atomic E-state index is 14.4. The zero-order valence-electron chi connectivity index (χ0n) is 21.2. The summed E-state index contributed by atoms with van der Waals surface area (Å²) in [6.07, 6.45) is 4.08. The number of nitrogens with zero attached hydrogens (tertiary/aromatic N) is 3. The molecule has 0 aliphatic carbocycles. The number of carbonyl (C=O) groups excluding carboxylic acids is 1. The molecular formula is C35H25N3O. The van der Waals surface area contributed by atoms with Crippen LogP contribution in [0, 0.1) is 28.6 Å². The lowest BCUT2D eigenvalue weighted by atomic mass is 9.71. The Morgan fingerprint density at radius 1 is 0.692 bits per heavy atom. The number of carbonyl (C=O) groups is 1. The second kappa shape index (κ2) is 10.3. The monoisotopic (exact) mass is 503 g/mol. The van der Waals surface area contributed by atoms with Crippen LogP contribution in [0.4, 0.5) is 0 Å². The van der Waals surface area contributed by atoms with Gasteiger partial charge in [-0.05, 0) is 33.9 Å². The molecule has 4 aromatic rings. The number of hydrogen-bond donors (Lipinski definition) is 0. The number of rotatable bonds is 5. The highest BCUT2D eigenvalue weighted by Crippen LogP contribution is 2.58. The largest absolute Gasteiger partial charge is 0.359 e. The number of nitriles is 2. The minimum atomic E-state index is -0.535. The number of fused-ring (bicyclic) bond motifs is 3. The van der Waals surface area contributed by atoms with E-state index in [1.165, 1.54) is 0 Å². The molecule has 2 heterocycles. The summed E-state index contributed by atoms with van der Waals surface area (Å²) < 4.78 is 0. The van der Waals surface area contributed by atoms with Crippen LogP contribution in [0.15, 0.2) is 127 Å². The third-order valence-electron chi connectivity index (χ3n) is 7.87. The van der Waals surface area contributed by atoms with E-state index in [0.29, 0.717) is 11.1 Å². The van der Waals surface area contributed by atoms with Crippen molar-refractivity contribution < 1.29 is 4.79 Å². The summed E-state index contributed by atoms with van der Waals surface area (Å²) >= 11 is 0. The van der Waals surface area contributed by atoms with Gasteiger partial charge in [-0.1, -0.05) is 115 Å². The highest BCUT2D eigenvalue weighted by atomic mass is 16.1. The lowest BCUT2D eigenvalue weighted by Crippen LogP contribution is -2.37. The van der Waals surface area contributed by atoms with Gasteiger partial charge in [-0.2, -0.15) is 10.5 Å². The van der Waals surface area contributed by atoms with Gasteiger partial charge in [0.25, 0.3) is 0 Å². The molecule has 2 aliphatic rings. The molecule has 0 spiro atoms. The molecule has 0 unspecified atom stereocenters. The molecule has 0 bridgehead atoms. The van der Waals surface area contributed by atoms with Crippen molar-refractivity contribution in [2.45, 2.75) is 18.0 Å². The van der Waals surface area contributed by atoms with Crippen molar-refractivity contribution in [3.63, 3.8) is 0 Å². The summed E-state index contributed by atoms with van der Waals surface area (Å²) in [5, 5.41) is 20.4. The van der Waals surface area contributed by atoms with Crippen molar-refractivity contribution in [2.75, 3.05) is 0 Å². The molecule has 1 saturated heterocycles.